The van der Waals surface area contributed by atoms with E-state index in [9.17, 15) is 0 Å². The van der Waals surface area contributed by atoms with E-state index < -0.39 is 0 Å². The second-order valence-corrected chi connectivity index (χ2v) is 6.77. The van der Waals surface area contributed by atoms with Gasteiger partial charge in [-0.3, -0.25) is 4.98 Å². The molecule has 2 aromatic heterocycles. The molecule has 0 radical (unpaired) electrons. The summed E-state index contributed by atoms with van der Waals surface area (Å²) in [6.45, 7) is 4.35. The number of pyridine rings is 1. The summed E-state index contributed by atoms with van der Waals surface area (Å²) < 4.78 is 1.19. The first-order chi connectivity index (χ1) is 10.6. The van der Waals surface area contributed by atoms with Crippen molar-refractivity contribution < 1.29 is 0 Å². The van der Waals surface area contributed by atoms with Crippen molar-refractivity contribution in [3.63, 3.8) is 0 Å². The Bertz CT molecular complexity index is 793. The molecule has 1 aromatic carbocycles. The van der Waals surface area contributed by atoms with Crippen LogP contribution in [-0.4, -0.2) is 4.98 Å². The first kappa shape index (κ1) is 15.1. The van der Waals surface area contributed by atoms with E-state index >= 15 is 0 Å². The van der Waals surface area contributed by atoms with Gasteiger partial charge in [-0.15, -0.1) is 11.3 Å². The van der Waals surface area contributed by atoms with E-state index in [-0.39, 0.29) is 0 Å². The molecule has 3 rings (SSSR count). The van der Waals surface area contributed by atoms with Gasteiger partial charge < -0.3 is 4.90 Å². The largest absolute Gasteiger partial charge is 0.316 e. The fourth-order valence-corrected chi connectivity index (χ4v) is 3.45. The molecule has 0 amide bonds. The number of halogens is 1. The molecule has 4 heteroatoms. The minimum atomic E-state index is 0.490. The summed E-state index contributed by atoms with van der Waals surface area (Å²) in [4.78, 5) is 6.32. The highest BCUT2D eigenvalue weighted by Crippen LogP contribution is 2.38. The van der Waals surface area contributed by atoms with Crippen LogP contribution >= 0.6 is 22.9 Å². The van der Waals surface area contributed by atoms with Gasteiger partial charge in [-0.2, -0.15) is 0 Å². The SMILES string of the molecule is CC(C)/C=C/N(c1ccncc1)c1csc2cc(Cl)ccc12. The van der Waals surface area contributed by atoms with Crippen molar-refractivity contribution >= 4 is 44.4 Å². The molecule has 0 N–H and O–H groups in total. The first-order valence-corrected chi connectivity index (χ1v) is 8.45. The third kappa shape index (κ3) is 3.16. The minimum Gasteiger partial charge on any atom is -0.316 e. The Morgan fingerprint density at radius 3 is 2.68 bits per heavy atom. The normalized spacial score (nSPS) is 11.6. The lowest BCUT2D eigenvalue weighted by Gasteiger charge is -2.20. The fourth-order valence-electron chi connectivity index (χ4n) is 2.24. The van der Waals surface area contributed by atoms with Crippen LogP contribution in [0.3, 0.4) is 0 Å². The van der Waals surface area contributed by atoms with Crippen molar-refractivity contribution in [1.29, 1.82) is 0 Å². The zero-order valence-electron chi connectivity index (χ0n) is 12.5. The number of rotatable bonds is 4. The summed E-state index contributed by atoms with van der Waals surface area (Å²) in [6, 6.07) is 10.1. The van der Waals surface area contributed by atoms with Crippen LogP contribution in [0.15, 0.2) is 60.4 Å². The van der Waals surface area contributed by atoms with Crippen LogP contribution in [0.5, 0.6) is 0 Å². The Morgan fingerprint density at radius 2 is 1.95 bits per heavy atom. The average Bonchev–Trinajstić information content (AvgIpc) is 2.91. The summed E-state index contributed by atoms with van der Waals surface area (Å²) in [5.74, 6) is 0.490. The van der Waals surface area contributed by atoms with Gasteiger partial charge in [0, 0.05) is 44.8 Å². The van der Waals surface area contributed by atoms with Crippen LogP contribution < -0.4 is 4.90 Å². The van der Waals surface area contributed by atoms with Gasteiger partial charge in [0.15, 0.2) is 0 Å². The Morgan fingerprint density at radius 1 is 1.18 bits per heavy atom. The number of fused-ring (bicyclic) bond motifs is 1. The summed E-state index contributed by atoms with van der Waals surface area (Å²) >= 11 is 7.81. The number of nitrogens with zero attached hydrogens (tertiary/aromatic N) is 2. The summed E-state index contributed by atoms with van der Waals surface area (Å²) in [7, 11) is 0. The zero-order chi connectivity index (χ0) is 15.5. The molecule has 0 unspecified atom stereocenters. The van der Waals surface area contributed by atoms with Gasteiger partial charge in [0.05, 0.1) is 5.69 Å². The molecule has 0 fully saturated rings. The van der Waals surface area contributed by atoms with E-state index in [1.165, 1.54) is 15.8 Å². The molecule has 0 aliphatic rings. The Labute approximate surface area is 139 Å². The standard InChI is InChI=1S/C18H17ClN2S/c1-13(2)7-10-21(15-5-8-20-9-6-15)17-12-22-18-11-14(19)3-4-16(17)18/h3-13H,1-2H3/b10-7+. The Hall–Kier alpha value is -1.84. The van der Waals surface area contributed by atoms with Crippen molar-refractivity contribution in [1.82, 2.24) is 4.98 Å². The summed E-state index contributed by atoms with van der Waals surface area (Å²) in [5, 5.41) is 4.15. The topological polar surface area (TPSA) is 16.1 Å². The molecule has 3 aromatic rings. The van der Waals surface area contributed by atoms with Crippen molar-refractivity contribution in [2.24, 2.45) is 5.92 Å². The average molecular weight is 329 g/mol. The van der Waals surface area contributed by atoms with E-state index in [0.717, 1.165) is 10.7 Å². The zero-order valence-corrected chi connectivity index (χ0v) is 14.1. The molecular formula is C18H17ClN2S. The van der Waals surface area contributed by atoms with Crippen LogP contribution in [0, 0.1) is 5.92 Å². The Kier molecular flexibility index (Phi) is 4.46. The quantitative estimate of drug-likeness (QED) is 0.562. The number of thiophene rings is 1. The number of aromatic nitrogens is 1. The maximum Gasteiger partial charge on any atom is 0.0641 e. The van der Waals surface area contributed by atoms with Crippen LogP contribution in [0.4, 0.5) is 11.4 Å². The van der Waals surface area contributed by atoms with Gasteiger partial charge in [-0.05, 0) is 36.2 Å². The van der Waals surface area contributed by atoms with Gasteiger partial charge in [0.2, 0.25) is 0 Å². The molecule has 0 saturated carbocycles. The highest BCUT2D eigenvalue weighted by Gasteiger charge is 2.12. The maximum atomic E-state index is 6.10. The Balaban J connectivity index is 2.11. The van der Waals surface area contributed by atoms with E-state index in [1.807, 2.05) is 36.7 Å². The predicted molar refractivity (Wildman–Crippen MR) is 97.2 cm³/mol. The second kappa shape index (κ2) is 6.51. The van der Waals surface area contributed by atoms with Crippen LogP contribution in [0.1, 0.15) is 13.8 Å². The van der Waals surface area contributed by atoms with Crippen LogP contribution in [0.25, 0.3) is 10.1 Å². The molecule has 0 aliphatic carbocycles. The van der Waals surface area contributed by atoms with E-state index in [2.05, 4.69) is 47.5 Å². The van der Waals surface area contributed by atoms with Crippen molar-refractivity contribution in [2.75, 3.05) is 4.90 Å². The number of hydrogen-bond donors (Lipinski definition) is 0. The molecule has 2 nitrogen and oxygen atoms in total. The summed E-state index contributed by atoms with van der Waals surface area (Å²) in [5.41, 5.74) is 2.27. The smallest absolute Gasteiger partial charge is 0.0641 e. The monoisotopic (exact) mass is 328 g/mol. The molecule has 2 heterocycles. The van der Waals surface area contributed by atoms with Crippen molar-refractivity contribution in [2.45, 2.75) is 13.8 Å². The predicted octanol–water partition coefficient (Wildman–Crippen LogP) is 6.26. The van der Waals surface area contributed by atoms with E-state index in [1.54, 1.807) is 11.3 Å². The van der Waals surface area contributed by atoms with Gasteiger partial charge in [0.1, 0.15) is 0 Å². The lowest BCUT2D eigenvalue weighted by Crippen LogP contribution is -2.08. The number of benzene rings is 1. The fraction of sp³-hybridized carbons (Fsp3) is 0.167. The molecule has 0 aliphatic heterocycles. The van der Waals surface area contributed by atoms with E-state index in [0.29, 0.717) is 5.92 Å². The lowest BCUT2D eigenvalue weighted by molar-refractivity contribution is 0.828. The first-order valence-electron chi connectivity index (χ1n) is 7.19. The van der Waals surface area contributed by atoms with Crippen LogP contribution in [-0.2, 0) is 0 Å². The number of hydrogen-bond acceptors (Lipinski definition) is 3. The molecular weight excluding hydrogens is 312 g/mol. The van der Waals surface area contributed by atoms with Gasteiger partial charge in [0.25, 0.3) is 0 Å². The third-order valence-electron chi connectivity index (χ3n) is 3.34. The number of anilines is 2. The van der Waals surface area contributed by atoms with E-state index in [4.69, 9.17) is 11.6 Å². The van der Waals surface area contributed by atoms with Gasteiger partial charge in [-0.1, -0.05) is 31.5 Å². The molecule has 0 atom stereocenters. The third-order valence-corrected chi connectivity index (χ3v) is 4.51. The molecule has 112 valence electrons. The molecule has 22 heavy (non-hydrogen) atoms. The van der Waals surface area contributed by atoms with Crippen molar-refractivity contribution in [3.8, 4) is 0 Å². The number of allylic oxidation sites excluding steroid dienone is 1. The highest BCUT2D eigenvalue weighted by molar-refractivity contribution is 7.17. The molecule has 0 bridgehead atoms. The maximum absolute atomic E-state index is 6.10. The molecule has 0 saturated heterocycles. The lowest BCUT2D eigenvalue weighted by atomic mass is 10.2. The van der Waals surface area contributed by atoms with Gasteiger partial charge >= 0.3 is 0 Å². The summed E-state index contributed by atoms with van der Waals surface area (Å²) in [6.07, 6.45) is 7.96. The molecule has 0 spiro atoms. The van der Waals surface area contributed by atoms with Crippen LogP contribution in [0.2, 0.25) is 5.02 Å². The second-order valence-electron chi connectivity index (χ2n) is 5.42. The van der Waals surface area contributed by atoms with Crippen molar-refractivity contribution in [3.05, 3.63) is 65.4 Å². The van der Waals surface area contributed by atoms with Gasteiger partial charge in [-0.25, -0.2) is 0 Å². The highest BCUT2D eigenvalue weighted by atomic mass is 35.5. The minimum absolute atomic E-state index is 0.490.